The normalized spacial score (nSPS) is 16.5. The summed E-state index contributed by atoms with van der Waals surface area (Å²) in [4.78, 5) is 38.9. The summed E-state index contributed by atoms with van der Waals surface area (Å²) in [6.07, 6.45) is 0.0719. The van der Waals surface area contributed by atoms with Crippen LogP contribution in [0.25, 0.3) is 0 Å². The van der Waals surface area contributed by atoms with Crippen molar-refractivity contribution in [3.63, 3.8) is 0 Å². The van der Waals surface area contributed by atoms with E-state index in [1.807, 2.05) is 0 Å². The van der Waals surface area contributed by atoms with E-state index >= 15 is 0 Å². The van der Waals surface area contributed by atoms with Crippen LogP contribution in [-0.2, 0) is 19.1 Å². The van der Waals surface area contributed by atoms with Crippen molar-refractivity contribution >= 4 is 18.0 Å². The smallest absolute Gasteiger partial charge is 0.409 e. The molecule has 1 atom stereocenters. The fourth-order valence-corrected chi connectivity index (χ4v) is 2.29. The van der Waals surface area contributed by atoms with Crippen molar-refractivity contribution in [2.45, 2.75) is 52.2 Å². The first-order valence-corrected chi connectivity index (χ1v) is 8.32. The fraction of sp³-hybridized carbons (Fsp3) is 0.812. The maximum absolute atomic E-state index is 12.2. The van der Waals surface area contributed by atoms with E-state index in [0.29, 0.717) is 32.8 Å². The largest absolute Gasteiger partial charge is 0.459 e. The lowest BCUT2D eigenvalue weighted by Gasteiger charge is -2.34. The summed E-state index contributed by atoms with van der Waals surface area (Å²) in [6.45, 7) is 9.21. The van der Waals surface area contributed by atoms with Crippen LogP contribution in [0.3, 0.4) is 0 Å². The van der Waals surface area contributed by atoms with Gasteiger partial charge in [0.1, 0.15) is 11.6 Å². The minimum absolute atomic E-state index is 0.0717. The van der Waals surface area contributed by atoms with E-state index in [1.54, 1.807) is 37.5 Å². The molecule has 0 aromatic heterocycles. The van der Waals surface area contributed by atoms with Gasteiger partial charge in [0.2, 0.25) is 5.91 Å². The van der Waals surface area contributed by atoms with Gasteiger partial charge < -0.3 is 25.0 Å². The summed E-state index contributed by atoms with van der Waals surface area (Å²) in [5.74, 6) is -0.569. The number of ether oxygens (including phenoxy) is 2. The maximum atomic E-state index is 12.2. The number of amides is 2. The molecule has 1 aliphatic heterocycles. The number of piperazine rings is 1. The molecule has 0 radical (unpaired) electrons. The van der Waals surface area contributed by atoms with Gasteiger partial charge in [0.05, 0.1) is 6.61 Å². The molecule has 2 amide bonds. The van der Waals surface area contributed by atoms with Crippen molar-refractivity contribution in [1.82, 2.24) is 9.80 Å². The molecule has 1 rings (SSSR count). The van der Waals surface area contributed by atoms with Crippen molar-refractivity contribution in [2.75, 3.05) is 32.8 Å². The van der Waals surface area contributed by atoms with E-state index in [2.05, 4.69) is 0 Å². The van der Waals surface area contributed by atoms with Crippen LogP contribution in [0.2, 0.25) is 0 Å². The summed E-state index contributed by atoms with van der Waals surface area (Å²) in [5.41, 5.74) is 5.19. The first-order valence-electron chi connectivity index (χ1n) is 8.32. The van der Waals surface area contributed by atoms with E-state index in [0.717, 1.165) is 0 Å². The van der Waals surface area contributed by atoms with Gasteiger partial charge in [-0.25, -0.2) is 4.79 Å². The third-order valence-electron chi connectivity index (χ3n) is 3.54. The molecule has 0 bridgehead atoms. The zero-order valence-electron chi connectivity index (χ0n) is 15.0. The predicted molar refractivity (Wildman–Crippen MR) is 88.2 cm³/mol. The van der Waals surface area contributed by atoms with Crippen LogP contribution in [0.1, 0.15) is 40.5 Å². The van der Waals surface area contributed by atoms with E-state index in [1.165, 1.54) is 0 Å². The second-order valence-electron chi connectivity index (χ2n) is 6.75. The minimum Gasteiger partial charge on any atom is -0.459 e. The van der Waals surface area contributed by atoms with Gasteiger partial charge in [0, 0.05) is 32.6 Å². The van der Waals surface area contributed by atoms with E-state index in [4.69, 9.17) is 15.2 Å². The Morgan fingerprint density at radius 2 is 1.62 bits per heavy atom. The van der Waals surface area contributed by atoms with Gasteiger partial charge in [-0.15, -0.1) is 0 Å². The molecular formula is C16H29N3O5. The van der Waals surface area contributed by atoms with Crippen molar-refractivity contribution in [2.24, 2.45) is 5.73 Å². The molecule has 1 heterocycles. The number of hydrogen-bond acceptors (Lipinski definition) is 6. The Balaban J connectivity index is 2.34. The van der Waals surface area contributed by atoms with Crippen LogP contribution in [0.4, 0.5) is 4.79 Å². The highest BCUT2D eigenvalue weighted by Crippen LogP contribution is 2.11. The van der Waals surface area contributed by atoms with Crippen LogP contribution in [0.5, 0.6) is 0 Å². The second-order valence-corrected chi connectivity index (χ2v) is 6.75. The third kappa shape index (κ3) is 6.74. The number of rotatable bonds is 5. The van der Waals surface area contributed by atoms with Crippen LogP contribution in [0.15, 0.2) is 0 Å². The van der Waals surface area contributed by atoms with Crippen LogP contribution < -0.4 is 5.73 Å². The van der Waals surface area contributed by atoms with Gasteiger partial charge >= 0.3 is 12.1 Å². The highest BCUT2D eigenvalue weighted by Gasteiger charge is 2.27. The molecule has 24 heavy (non-hydrogen) atoms. The van der Waals surface area contributed by atoms with E-state index in [-0.39, 0.29) is 24.8 Å². The lowest BCUT2D eigenvalue weighted by Crippen LogP contribution is -2.51. The topological polar surface area (TPSA) is 102 Å². The number of carbonyl (C=O) groups is 3. The summed E-state index contributed by atoms with van der Waals surface area (Å²) < 4.78 is 10.1. The number of carbonyl (C=O) groups excluding carboxylic acids is 3. The van der Waals surface area contributed by atoms with Crippen LogP contribution in [-0.4, -0.2) is 72.2 Å². The van der Waals surface area contributed by atoms with Crippen LogP contribution >= 0.6 is 0 Å². The monoisotopic (exact) mass is 343 g/mol. The quantitative estimate of drug-likeness (QED) is 0.739. The van der Waals surface area contributed by atoms with Gasteiger partial charge in [-0.2, -0.15) is 0 Å². The number of hydrogen-bond donors (Lipinski definition) is 1. The van der Waals surface area contributed by atoms with Gasteiger partial charge in [-0.1, -0.05) is 0 Å². The Morgan fingerprint density at radius 3 is 2.12 bits per heavy atom. The molecule has 8 nitrogen and oxygen atoms in total. The highest BCUT2D eigenvalue weighted by molar-refractivity contribution is 5.79. The highest BCUT2D eigenvalue weighted by atomic mass is 16.6. The maximum Gasteiger partial charge on any atom is 0.409 e. The van der Waals surface area contributed by atoms with Crippen molar-refractivity contribution in [3.8, 4) is 0 Å². The van der Waals surface area contributed by atoms with Crippen LogP contribution in [0, 0.1) is 0 Å². The molecule has 1 saturated heterocycles. The predicted octanol–water partition coefficient (Wildman–Crippen LogP) is 0.736. The molecule has 0 aliphatic carbocycles. The zero-order valence-corrected chi connectivity index (χ0v) is 15.0. The molecule has 0 aromatic rings. The lowest BCUT2D eigenvalue weighted by atomic mass is 10.1. The molecule has 1 aliphatic rings. The van der Waals surface area contributed by atoms with Crippen molar-refractivity contribution in [3.05, 3.63) is 0 Å². The van der Waals surface area contributed by atoms with E-state index in [9.17, 15) is 14.4 Å². The van der Waals surface area contributed by atoms with Crippen molar-refractivity contribution < 1.29 is 23.9 Å². The van der Waals surface area contributed by atoms with E-state index < -0.39 is 17.6 Å². The number of esters is 1. The van der Waals surface area contributed by atoms with Gasteiger partial charge in [0.25, 0.3) is 0 Å². The average Bonchev–Trinajstić information content (AvgIpc) is 2.51. The number of nitrogens with two attached hydrogens (primary N) is 1. The Hall–Kier alpha value is -1.83. The Morgan fingerprint density at radius 1 is 1.08 bits per heavy atom. The molecule has 0 aromatic carbocycles. The van der Waals surface area contributed by atoms with Gasteiger partial charge in [-0.05, 0) is 34.1 Å². The van der Waals surface area contributed by atoms with Crippen molar-refractivity contribution in [1.29, 1.82) is 0 Å². The molecule has 138 valence electrons. The summed E-state index contributed by atoms with van der Waals surface area (Å²) >= 11 is 0. The fourth-order valence-electron chi connectivity index (χ4n) is 2.29. The molecule has 0 saturated carbocycles. The van der Waals surface area contributed by atoms with Gasteiger partial charge in [-0.3, -0.25) is 9.59 Å². The third-order valence-corrected chi connectivity index (χ3v) is 3.54. The number of nitrogens with zero attached hydrogens (tertiary/aromatic N) is 2. The van der Waals surface area contributed by atoms with Gasteiger partial charge in [0.15, 0.2) is 0 Å². The SMILES string of the molecule is CCOC(=O)N1CCN(C(=O)CCC(N)C(=O)OC(C)(C)C)CC1. The Kier molecular flexibility index (Phi) is 7.47. The standard InChI is InChI=1S/C16H29N3O5/c1-5-23-15(22)19-10-8-18(9-11-19)13(20)7-6-12(17)14(21)24-16(2,3)4/h12H,5-11,17H2,1-4H3. The minimum atomic E-state index is -0.811. The molecule has 1 fully saturated rings. The molecular weight excluding hydrogens is 314 g/mol. The molecule has 1 unspecified atom stereocenters. The summed E-state index contributed by atoms with van der Waals surface area (Å²) in [6, 6.07) is -0.811. The molecule has 2 N–H and O–H groups in total. The molecule has 0 spiro atoms. The zero-order chi connectivity index (χ0) is 18.3. The Bertz CT molecular complexity index is 453. The first kappa shape index (κ1) is 20.2. The average molecular weight is 343 g/mol. The first-order chi connectivity index (χ1) is 11.1. The summed E-state index contributed by atoms with van der Waals surface area (Å²) in [5, 5.41) is 0. The lowest BCUT2D eigenvalue weighted by molar-refractivity contribution is -0.156. The summed E-state index contributed by atoms with van der Waals surface area (Å²) in [7, 11) is 0. The second kappa shape index (κ2) is 8.86. The molecule has 8 heteroatoms. The Labute approximate surface area is 143 Å².